The van der Waals surface area contributed by atoms with Crippen LogP contribution in [0.25, 0.3) is 11.3 Å². The van der Waals surface area contributed by atoms with Crippen LogP contribution in [0, 0.1) is 0 Å². The average molecular weight is 359 g/mol. The Balaban J connectivity index is 1.81. The van der Waals surface area contributed by atoms with Crippen molar-refractivity contribution in [3.8, 4) is 11.3 Å². The molecule has 1 heterocycles. The van der Waals surface area contributed by atoms with Crippen LogP contribution in [0.15, 0.2) is 55.0 Å². The van der Waals surface area contributed by atoms with E-state index in [0.717, 1.165) is 41.1 Å². The molecule has 0 radical (unpaired) electrons. The van der Waals surface area contributed by atoms with E-state index in [0.29, 0.717) is 6.54 Å². The summed E-state index contributed by atoms with van der Waals surface area (Å²) in [6.07, 6.45) is 0.290. The summed E-state index contributed by atoms with van der Waals surface area (Å²) in [5, 5.41) is 3.32. The fraction of sp³-hybridized carbons (Fsp3) is 0.250. The van der Waals surface area contributed by atoms with Gasteiger partial charge in [-0.3, -0.25) is 0 Å². The summed E-state index contributed by atoms with van der Waals surface area (Å²) in [7, 11) is 1.91. The highest BCUT2D eigenvalue weighted by Gasteiger charge is 2.29. The van der Waals surface area contributed by atoms with Crippen molar-refractivity contribution in [1.29, 1.82) is 0 Å². The third-order valence-electron chi connectivity index (χ3n) is 4.24. The van der Waals surface area contributed by atoms with Crippen LogP contribution in [0.2, 0.25) is 0 Å². The highest BCUT2D eigenvalue weighted by Crippen LogP contribution is 2.30. The van der Waals surface area contributed by atoms with E-state index in [4.69, 9.17) is 0 Å². The monoisotopic (exact) mass is 359 g/mol. The maximum absolute atomic E-state index is 12.7. The van der Waals surface area contributed by atoms with Crippen LogP contribution in [-0.4, -0.2) is 9.55 Å². The smallest absolute Gasteiger partial charge is 0.380 e. The van der Waals surface area contributed by atoms with Crippen LogP contribution < -0.4 is 5.32 Å². The number of halogens is 3. The van der Waals surface area contributed by atoms with Crippen molar-refractivity contribution in [1.82, 2.24) is 9.55 Å². The first-order chi connectivity index (χ1) is 12.4. The van der Waals surface area contributed by atoms with Crippen LogP contribution in [0.3, 0.4) is 0 Å². The van der Waals surface area contributed by atoms with Crippen molar-refractivity contribution in [2.75, 3.05) is 5.32 Å². The van der Waals surface area contributed by atoms with Crippen molar-refractivity contribution >= 4 is 5.69 Å². The molecule has 0 amide bonds. The fourth-order valence-corrected chi connectivity index (χ4v) is 2.74. The zero-order valence-electron chi connectivity index (χ0n) is 14.6. The molecule has 0 aliphatic rings. The lowest BCUT2D eigenvalue weighted by Gasteiger charge is -2.13. The molecule has 26 heavy (non-hydrogen) atoms. The molecule has 136 valence electrons. The number of hydrogen-bond donors (Lipinski definition) is 1. The lowest BCUT2D eigenvalue weighted by molar-refractivity contribution is -0.137. The summed E-state index contributed by atoms with van der Waals surface area (Å²) in [5.41, 5.74) is 4.09. The summed E-state index contributed by atoms with van der Waals surface area (Å²) in [5.74, 6) is 0. The standard InChI is InChI=1S/C20H20F3N3/c1-3-14-6-9-18(17(10-14)19-12-26(2)13-25-19)24-11-15-4-7-16(8-5-15)20(21,22)23/h4-10,12-13,24H,3,11H2,1-2H3. The highest BCUT2D eigenvalue weighted by molar-refractivity contribution is 5.76. The van der Waals surface area contributed by atoms with E-state index >= 15 is 0 Å². The number of nitrogens with one attached hydrogen (secondary N) is 1. The molecule has 2 aromatic carbocycles. The van der Waals surface area contributed by atoms with Gasteiger partial charge in [-0.05, 0) is 41.8 Å². The molecule has 0 aliphatic carbocycles. The minimum atomic E-state index is -4.31. The van der Waals surface area contributed by atoms with E-state index in [2.05, 4.69) is 23.3 Å². The number of imidazole rings is 1. The third-order valence-corrected chi connectivity index (χ3v) is 4.24. The Bertz CT molecular complexity index is 880. The molecule has 0 unspecified atom stereocenters. The number of benzene rings is 2. The molecule has 0 saturated carbocycles. The normalized spacial score (nSPS) is 11.6. The largest absolute Gasteiger partial charge is 0.416 e. The van der Waals surface area contributed by atoms with Gasteiger partial charge in [0.15, 0.2) is 0 Å². The second kappa shape index (κ2) is 7.23. The van der Waals surface area contributed by atoms with Crippen molar-refractivity contribution in [2.45, 2.75) is 26.1 Å². The number of rotatable bonds is 5. The number of hydrogen-bond acceptors (Lipinski definition) is 2. The molecular weight excluding hydrogens is 339 g/mol. The lowest BCUT2D eigenvalue weighted by Crippen LogP contribution is -2.06. The van der Waals surface area contributed by atoms with Gasteiger partial charge >= 0.3 is 6.18 Å². The molecule has 0 spiro atoms. The maximum atomic E-state index is 12.7. The molecular formula is C20H20F3N3. The van der Waals surface area contributed by atoms with Crippen LogP contribution in [0.5, 0.6) is 0 Å². The lowest BCUT2D eigenvalue weighted by atomic mass is 10.0. The third kappa shape index (κ3) is 4.07. The van der Waals surface area contributed by atoms with Gasteiger partial charge in [-0.15, -0.1) is 0 Å². The quantitative estimate of drug-likeness (QED) is 0.672. The van der Waals surface area contributed by atoms with Crippen LogP contribution >= 0.6 is 0 Å². The molecule has 3 rings (SSSR count). The topological polar surface area (TPSA) is 29.9 Å². The number of aromatic nitrogens is 2. The van der Waals surface area contributed by atoms with E-state index in [1.165, 1.54) is 17.7 Å². The second-order valence-corrected chi connectivity index (χ2v) is 6.21. The Morgan fingerprint density at radius 2 is 1.73 bits per heavy atom. The fourth-order valence-electron chi connectivity index (χ4n) is 2.74. The van der Waals surface area contributed by atoms with Gasteiger partial charge in [0.05, 0.1) is 17.6 Å². The van der Waals surface area contributed by atoms with Gasteiger partial charge in [-0.2, -0.15) is 13.2 Å². The van der Waals surface area contributed by atoms with E-state index < -0.39 is 11.7 Å². The molecule has 0 atom stereocenters. The van der Waals surface area contributed by atoms with Crippen molar-refractivity contribution in [3.63, 3.8) is 0 Å². The van der Waals surface area contributed by atoms with Gasteiger partial charge in [-0.1, -0.05) is 25.1 Å². The summed E-state index contributed by atoms with van der Waals surface area (Å²) in [4.78, 5) is 4.41. The predicted octanol–water partition coefficient (Wildman–Crippen LogP) is 5.28. The van der Waals surface area contributed by atoms with Crippen molar-refractivity contribution in [2.24, 2.45) is 7.05 Å². The summed E-state index contributed by atoms with van der Waals surface area (Å²) in [6.45, 7) is 2.52. The number of anilines is 1. The van der Waals surface area contributed by atoms with Gasteiger partial charge in [0, 0.05) is 31.0 Å². The first-order valence-corrected chi connectivity index (χ1v) is 8.38. The molecule has 0 aliphatic heterocycles. The van der Waals surface area contributed by atoms with E-state index in [9.17, 15) is 13.2 Å². The van der Waals surface area contributed by atoms with Crippen LogP contribution in [-0.2, 0) is 26.2 Å². The number of aryl methyl sites for hydroxylation is 2. The molecule has 3 aromatic rings. The SMILES string of the molecule is CCc1ccc(NCc2ccc(C(F)(F)F)cc2)c(-c2cn(C)cn2)c1. The number of nitrogens with zero attached hydrogens (tertiary/aromatic N) is 2. The zero-order valence-corrected chi connectivity index (χ0v) is 14.6. The molecule has 6 heteroatoms. The van der Waals surface area contributed by atoms with Gasteiger partial charge < -0.3 is 9.88 Å². The molecule has 3 nitrogen and oxygen atoms in total. The van der Waals surface area contributed by atoms with Gasteiger partial charge in [-0.25, -0.2) is 4.98 Å². The van der Waals surface area contributed by atoms with E-state index in [1.807, 2.05) is 29.9 Å². The zero-order chi connectivity index (χ0) is 18.7. The van der Waals surface area contributed by atoms with Gasteiger partial charge in [0.1, 0.15) is 0 Å². The minimum absolute atomic E-state index is 0.434. The molecule has 0 bridgehead atoms. The Morgan fingerprint density at radius 3 is 2.31 bits per heavy atom. The second-order valence-electron chi connectivity index (χ2n) is 6.21. The Labute approximate surface area is 150 Å². The van der Waals surface area contributed by atoms with E-state index in [1.54, 1.807) is 6.33 Å². The molecule has 0 saturated heterocycles. The molecule has 0 fully saturated rings. The highest BCUT2D eigenvalue weighted by atomic mass is 19.4. The van der Waals surface area contributed by atoms with Crippen molar-refractivity contribution in [3.05, 3.63) is 71.7 Å². The predicted molar refractivity (Wildman–Crippen MR) is 96.8 cm³/mol. The minimum Gasteiger partial charge on any atom is -0.380 e. The van der Waals surface area contributed by atoms with Crippen LogP contribution in [0.4, 0.5) is 18.9 Å². The summed E-state index contributed by atoms with van der Waals surface area (Å²) < 4.78 is 39.9. The maximum Gasteiger partial charge on any atom is 0.416 e. The Morgan fingerprint density at radius 1 is 1.04 bits per heavy atom. The van der Waals surface area contributed by atoms with Crippen LogP contribution in [0.1, 0.15) is 23.6 Å². The van der Waals surface area contributed by atoms with E-state index in [-0.39, 0.29) is 0 Å². The Kier molecular flexibility index (Phi) is 5.02. The van der Waals surface area contributed by atoms with Gasteiger partial charge in [0.2, 0.25) is 0 Å². The van der Waals surface area contributed by atoms with Crippen molar-refractivity contribution < 1.29 is 13.2 Å². The first kappa shape index (κ1) is 18.0. The average Bonchev–Trinajstić information content (AvgIpc) is 3.05. The Hall–Kier alpha value is -2.76. The van der Waals surface area contributed by atoms with Gasteiger partial charge in [0.25, 0.3) is 0 Å². The summed E-state index contributed by atoms with van der Waals surface area (Å²) >= 11 is 0. The molecule has 1 aromatic heterocycles. The molecule has 1 N–H and O–H groups in total. The first-order valence-electron chi connectivity index (χ1n) is 8.38. The number of alkyl halides is 3. The summed E-state index contributed by atoms with van der Waals surface area (Å²) in [6, 6.07) is 11.3.